The van der Waals surface area contributed by atoms with Gasteiger partial charge in [0.15, 0.2) is 0 Å². The summed E-state index contributed by atoms with van der Waals surface area (Å²) in [7, 11) is -3.78. The normalized spacial score (nSPS) is 12.2. The molecule has 0 bridgehead atoms. The van der Waals surface area contributed by atoms with Gasteiger partial charge >= 0.3 is 0 Å². The van der Waals surface area contributed by atoms with Gasteiger partial charge in [-0.15, -0.1) is 0 Å². The average molecular weight is 468 g/mol. The molecule has 32 heavy (non-hydrogen) atoms. The molecule has 0 atom stereocenters. The molecule has 0 aliphatic carbocycles. The van der Waals surface area contributed by atoms with E-state index in [1.54, 1.807) is 38.2 Å². The minimum atomic E-state index is -3.78. The summed E-state index contributed by atoms with van der Waals surface area (Å²) in [6.45, 7) is 3.36. The summed E-state index contributed by atoms with van der Waals surface area (Å²) in [4.78, 5) is 4.72. The Morgan fingerprint density at radius 3 is 2.28 bits per heavy atom. The third kappa shape index (κ3) is 4.47. The largest absolute Gasteiger partial charge is 0.384 e. The second kappa shape index (κ2) is 8.18. The molecule has 4 aromatic rings. The second-order valence-corrected chi connectivity index (χ2v) is 9.95. The number of rotatable bonds is 5. The van der Waals surface area contributed by atoms with Crippen molar-refractivity contribution in [3.8, 4) is 28.2 Å². The highest BCUT2D eigenvalue weighted by Gasteiger charge is 2.23. The molecule has 0 fully saturated rings. The molecule has 0 radical (unpaired) electrons. The molecule has 4 rings (SSSR count). The van der Waals surface area contributed by atoms with Crippen LogP contribution in [0.5, 0.6) is 0 Å². The maximum absolute atomic E-state index is 11.7. The van der Waals surface area contributed by atoms with Crippen LogP contribution in [0.25, 0.3) is 28.2 Å². The van der Waals surface area contributed by atoms with Crippen LogP contribution >= 0.6 is 11.6 Å². The van der Waals surface area contributed by atoms with Crippen molar-refractivity contribution < 1.29 is 13.5 Å². The van der Waals surface area contributed by atoms with Gasteiger partial charge in [-0.05, 0) is 61.4 Å². The molecule has 1 aromatic heterocycles. The molecule has 0 saturated heterocycles. The third-order valence-electron chi connectivity index (χ3n) is 5.09. The summed E-state index contributed by atoms with van der Waals surface area (Å²) in [5.41, 5.74) is 2.51. The van der Waals surface area contributed by atoms with Crippen LogP contribution in [0.3, 0.4) is 0 Å². The molecular formula is C24H22ClN3O3S. The average Bonchev–Trinajstić information content (AvgIpc) is 3.19. The van der Waals surface area contributed by atoms with Crippen LogP contribution in [0.15, 0.2) is 83.9 Å². The lowest BCUT2D eigenvalue weighted by atomic mass is 10.1. The Balaban J connectivity index is 1.80. The van der Waals surface area contributed by atoms with Crippen molar-refractivity contribution >= 4 is 21.6 Å². The second-order valence-electron chi connectivity index (χ2n) is 7.98. The minimum Gasteiger partial charge on any atom is -0.384 e. The Morgan fingerprint density at radius 2 is 1.66 bits per heavy atom. The van der Waals surface area contributed by atoms with Crippen molar-refractivity contribution in [3.05, 3.63) is 89.7 Å². The van der Waals surface area contributed by atoms with E-state index in [9.17, 15) is 13.5 Å². The quantitative estimate of drug-likeness (QED) is 0.443. The number of hydrogen-bond donors (Lipinski definition) is 2. The molecule has 0 amide bonds. The summed E-state index contributed by atoms with van der Waals surface area (Å²) in [5, 5.41) is 16.3. The molecule has 0 aliphatic heterocycles. The number of halogens is 1. The molecule has 0 saturated carbocycles. The van der Waals surface area contributed by atoms with Crippen molar-refractivity contribution in [2.75, 3.05) is 0 Å². The predicted molar refractivity (Wildman–Crippen MR) is 126 cm³/mol. The highest BCUT2D eigenvalue weighted by molar-refractivity contribution is 7.89. The lowest BCUT2D eigenvalue weighted by molar-refractivity contribution is 0.0743. The minimum absolute atomic E-state index is 0.0597. The highest BCUT2D eigenvalue weighted by atomic mass is 35.5. The van der Waals surface area contributed by atoms with Gasteiger partial charge in [0.05, 0.1) is 15.6 Å². The summed E-state index contributed by atoms with van der Waals surface area (Å²) < 4.78 is 25.2. The van der Waals surface area contributed by atoms with Gasteiger partial charge in [-0.1, -0.05) is 48.0 Å². The number of imidazole rings is 1. The molecule has 3 N–H and O–H groups in total. The fraction of sp³-hybridized carbons (Fsp3) is 0.125. The Bertz CT molecular complexity index is 1390. The van der Waals surface area contributed by atoms with E-state index in [-0.39, 0.29) is 4.90 Å². The van der Waals surface area contributed by atoms with Crippen molar-refractivity contribution in [1.29, 1.82) is 0 Å². The molecule has 8 heteroatoms. The SMILES string of the molecule is CC(C)(O)c1cn(-c2ccc(-c3cccc(S(N)(=O)=O)c3)cc2)c(-c2ccccc2Cl)n1. The van der Waals surface area contributed by atoms with E-state index in [2.05, 4.69) is 4.98 Å². The number of aliphatic hydroxyl groups is 1. The van der Waals surface area contributed by atoms with Gasteiger partial charge in [0.1, 0.15) is 11.4 Å². The molecule has 3 aromatic carbocycles. The molecular weight excluding hydrogens is 446 g/mol. The number of benzene rings is 3. The van der Waals surface area contributed by atoms with Crippen LogP contribution in [0.1, 0.15) is 19.5 Å². The zero-order chi connectivity index (χ0) is 23.1. The van der Waals surface area contributed by atoms with E-state index in [1.807, 2.05) is 53.1 Å². The van der Waals surface area contributed by atoms with Crippen LogP contribution in [0, 0.1) is 0 Å². The lowest BCUT2D eigenvalue weighted by Crippen LogP contribution is -2.15. The van der Waals surface area contributed by atoms with Crippen molar-refractivity contribution in [2.24, 2.45) is 5.14 Å². The van der Waals surface area contributed by atoms with Crippen molar-refractivity contribution in [3.63, 3.8) is 0 Å². The van der Waals surface area contributed by atoms with Gasteiger partial charge in [0.25, 0.3) is 0 Å². The monoisotopic (exact) mass is 467 g/mol. The maximum Gasteiger partial charge on any atom is 0.238 e. The van der Waals surface area contributed by atoms with E-state index < -0.39 is 15.6 Å². The Hall–Kier alpha value is -2.97. The lowest BCUT2D eigenvalue weighted by Gasteiger charge is -2.13. The van der Waals surface area contributed by atoms with Gasteiger partial charge in [0, 0.05) is 17.4 Å². The van der Waals surface area contributed by atoms with Crippen LogP contribution in [-0.4, -0.2) is 23.1 Å². The fourth-order valence-electron chi connectivity index (χ4n) is 3.37. The van der Waals surface area contributed by atoms with E-state index in [0.29, 0.717) is 16.5 Å². The van der Waals surface area contributed by atoms with Gasteiger partial charge < -0.3 is 5.11 Å². The van der Waals surface area contributed by atoms with E-state index in [1.165, 1.54) is 6.07 Å². The van der Waals surface area contributed by atoms with E-state index in [4.69, 9.17) is 16.7 Å². The van der Waals surface area contributed by atoms with E-state index >= 15 is 0 Å². The zero-order valence-electron chi connectivity index (χ0n) is 17.5. The van der Waals surface area contributed by atoms with Crippen LogP contribution in [0.2, 0.25) is 5.02 Å². The Kier molecular flexibility index (Phi) is 5.68. The first-order valence-corrected chi connectivity index (χ1v) is 11.8. The number of hydrogen-bond acceptors (Lipinski definition) is 4. The molecule has 0 aliphatic rings. The van der Waals surface area contributed by atoms with Gasteiger partial charge in [0.2, 0.25) is 10.0 Å². The van der Waals surface area contributed by atoms with E-state index in [0.717, 1.165) is 22.4 Å². The summed E-state index contributed by atoms with van der Waals surface area (Å²) in [6.07, 6.45) is 1.79. The summed E-state index contributed by atoms with van der Waals surface area (Å²) >= 11 is 6.42. The first-order valence-electron chi connectivity index (χ1n) is 9.85. The Labute approximate surface area is 192 Å². The first-order chi connectivity index (χ1) is 15.0. The number of sulfonamides is 1. The summed E-state index contributed by atoms with van der Waals surface area (Å²) in [5.74, 6) is 0.608. The van der Waals surface area contributed by atoms with Crippen LogP contribution in [-0.2, 0) is 15.6 Å². The topological polar surface area (TPSA) is 98.2 Å². The fourth-order valence-corrected chi connectivity index (χ4v) is 4.15. The standard InChI is InChI=1S/C24H22ClN3O3S/c1-24(2,29)22-15-28(23(27-22)20-8-3-4-9-21(20)25)18-12-10-16(11-13-18)17-6-5-7-19(14-17)32(26,30)31/h3-15,29H,1-2H3,(H2,26,30,31). The zero-order valence-corrected chi connectivity index (χ0v) is 19.1. The number of nitrogens with zero attached hydrogens (tertiary/aromatic N) is 2. The first kappa shape index (κ1) is 22.2. The number of nitrogens with two attached hydrogens (primary N) is 1. The summed E-state index contributed by atoms with van der Waals surface area (Å²) in [6, 6.07) is 21.5. The number of aromatic nitrogens is 2. The third-order valence-corrected chi connectivity index (χ3v) is 6.33. The predicted octanol–water partition coefficient (Wildman–Crippen LogP) is 4.73. The Morgan fingerprint density at radius 1 is 0.969 bits per heavy atom. The molecule has 164 valence electrons. The van der Waals surface area contributed by atoms with Crippen LogP contribution in [0.4, 0.5) is 0 Å². The van der Waals surface area contributed by atoms with Crippen molar-refractivity contribution in [2.45, 2.75) is 24.3 Å². The molecule has 6 nitrogen and oxygen atoms in total. The highest BCUT2D eigenvalue weighted by Crippen LogP contribution is 2.32. The molecule has 1 heterocycles. The van der Waals surface area contributed by atoms with Gasteiger partial charge in [-0.25, -0.2) is 18.5 Å². The smallest absolute Gasteiger partial charge is 0.238 e. The van der Waals surface area contributed by atoms with Crippen molar-refractivity contribution in [1.82, 2.24) is 9.55 Å². The van der Waals surface area contributed by atoms with Crippen LogP contribution < -0.4 is 5.14 Å². The maximum atomic E-state index is 11.7. The van der Waals surface area contributed by atoms with Gasteiger partial charge in [-0.2, -0.15) is 0 Å². The number of primary sulfonamides is 1. The molecule has 0 unspecified atom stereocenters. The van der Waals surface area contributed by atoms with Gasteiger partial charge in [-0.3, -0.25) is 4.57 Å². The molecule has 0 spiro atoms.